The highest BCUT2D eigenvalue weighted by atomic mass is 16.2. The predicted molar refractivity (Wildman–Crippen MR) is 84.2 cm³/mol. The van der Waals surface area contributed by atoms with Gasteiger partial charge in [0.15, 0.2) is 0 Å². The second kappa shape index (κ2) is 8.26. The van der Waals surface area contributed by atoms with Gasteiger partial charge in [-0.05, 0) is 38.6 Å². The first-order valence-electron chi connectivity index (χ1n) is 7.05. The summed E-state index contributed by atoms with van der Waals surface area (Å²) in [5.41, 5.74) is 1.86. The third kappa shape index (κ3) is 5.07. The van der Waals surface area contributed by atoms with Crippen LogP contribution in [0.15, 0.2) is 24.3 Å². The molecular formula is C15H24N4O2. The molecule has 0 aromatic heterocycles. The maximum atomic E-state index is 12.1. The van der Waals surface area contributed by atoms with Crippen molar-refractivity contribution in [3.05, 3.63) is 29.8 Å². The summed E-state index contributed by atoms with van der Waals surface area (Å²) in [5.74, 6) is -0.190. The highest BCUT2D eigenvalue weighted by molar-refractivity contribution is 5.92. The molecule has 3 amide bonds. The van der Waals surface area contributed by atoms with E-state index in [1.165, 1.54) is 4.90 Å². The summed E-state index contributed by atoms with van der Waals surface area (Å²) in [5, 5.41) is 8.46. The lowest BCUT2D eigenvalue weighted by Gasteiger charge is -2.20. The molecule has 0 spiro atoms. The number of urea groups is 1. The minimum atomic E-state index is -0.282. The highest BCUT2D eigenvalue weighted by Gasteiger charge is 2.14. The number of carbonyl (C=O) groups is 2. The van der Waals surface area contributed by atoms with Gasteiger partial charge >= 0.3 is 6.03 Å². The number of hydrogen-bond donors (Lipinski definition) is 3. The molecule has 6 heteroatoms. The first-order chi connectivity index (χ1) is 10.0. The van der Waals surface area contributed by atoms with Crippen LogP contribution < -0.4 is 16.0 Å². The van der Waals surface area contributed by atoms with Crippen molar-refractivity contribution < 1.29 is 9.59 Å². The fourth-order valence-corrected chi connectivity index (χ4v) is 1.80. The Morgan fingerprint density at radius 3 is 2.29 bits per heavy atom. The molecule has 0 saturated heterocycles. The average Bonchev–Trinajstić information content (AvgIpc) is 2.52. The van der Waals surface area contributed by atoms with Gasteiger partial charge in [-0.1, -0.05) is 12.1 Å². The Morgan fingerprint density at radius 2 is 1.81 bits per heavy atom. The molecule has 1 unspecified atom stereocenters. The van der Waals surface area contributed by atoms with E-state index in [4.69, 9.17) is 0 Å². The van der Waals surface area contributed by atoms with E-state index in [-0.39, 0.29) is 24.5 Å². The van der Waals surface area contributed by atoms with E-state index < -0.39 is 0 Å². The number of nitrogens with zero attached hydrogens (tertiary/aromatic N) is 1. The molecule has 1 atom stereocenters. The third-order valence-electron chi connectivity index (χ3n) is 3.38. The average molecular weight is 292 g/mol. The number of hydrogen-bond acceptors (Lipinski definition) is 3. The van der Waals surface area contributed by atoms with Gasteiger partial charge in [-0.2, -0.15) is 0 Å². The minimum absolute atomic E-state index is 0.0493. The summed E-state index contributed by atoms with van der Waals surface area (Å²) < 4.78 is 0. The molecule has 1 aromatic carbocycles. The van der Waals surface area contributed by atoms with Gasteiger partial charge in [0, 0.05) is 25.3 Å². The molecule has 0 aliphatic rings. The fraction of sp³-hybridized carbons (Fsp3) is 0.467. The van der Waals surface area contributed by atoms with Gasteiger partial charge in [-0.3, -0.25) is 4.79 Å². The monoisotopic (exact) mass is 292 g/mol. The topological polar surface area (TPSA) is 73.5 Å². The molecule has 1 rings (SSSR count). The van der Waals surface area contributed by atoms with Crippen molar-refractivity contribution in [1.82, 2.24) is 15.5 Å². The molecule has 21 heavy (non-hydrogen) atoms. The standard InChI is InChI=1S/C15H24N4O2/c1-5-19(10-14(20)17-4)15(21)18-13-8-6-12(7-9-13)11(2)16-3/h6-9,11,16H,5,10H2,1-4H3,(H,17,20)(H,18,21). The highest BCUT2D eigenvalue weighted by Crippen LogP contribution is 2.15. The molecule has 6 nitrogen and oxygen atoms in total. The van der Waals surface area contributed by atoms with E-state index in [0.717, 1.165) is 5.56 Å². The van der Waals surface area contributed by atoms with E-state index in [9.17, 15) is 9.59 Å². The zero-order valence-electron chi connectivity index (χ0n) is 13.1. The summed E-state index contributed by atoms with van der Waals surface area (Å²) in [6, 6.07) is 7.62. The number of nitrogens with one attached hydrogen (secondary N) is 3. The van der Waals surface area contributed by atoms with Crippen LogP contribution in [0.25, 0.3) is 0 Å². The van der Waals surface area contributed by atoms with Crippen molar-refractivity contribution in [3.63, 3.8) is 0 Å². The van der Waals surface area contributed by atoms with Crippen LogP contribution in [0.3, 0.4) is 0 Å². The van der Waals surface area contributed by atoms with Crippen LogP contribution in [0, 0.1) is 0 Å². The largest absolute Gasteiger partial charge is 0.358 e. The van der Waals surface area contributed by atoms with Crippen LogP contribution in [-0.4, -0.2) is 44.0 Å². The van der Waals surface area contributed by atoms with Gasteiger partial charge < -0.3 is 20.9 Å². The maximum absolute atomic E-state index is 12.1. The van der Waals surface area contributed by atoms with E-state index in [1.807, 2.05) is 38.2 Å². The molecule has 0 heterocycles. The molecule has 0 aliphatic carbocycles. The lowest BCUT2D eigenvalue weighted by Crippen LogP contribution is -2.41. The molecule has 1 aromatic rings. The second-order valence-corrected chi connectivity index (χ2v) is 4.75. The normalized spacial score (nSPS) is 11.6. The van der Waals surface area contributed by atoms with Gasteiger partial charge in [0.1, 0.15) is 6.54 Å². The Kier molecular flexibility index (Phi) is 6.68. The smallest absolute Gasteiger partial charge is 0.322 e. The second-order valence-electron chi connectivity index (χ2n) is 4.75. The summed E-state index contributed by atoms with van der Waals surface area (Å²) in [6.45, 7) is 4.41. The number of likely N-dealkylation sites (N-methyl/N-ethyl adjacent to an activating group) is 2. The minimum Gasteiger partial charge on any atom is -0.358 e. The molecule has 0 fully saturated rings. The molecule has 3 N–H and O–H groups in total. The lowest BCUT2D eigenvalue weighted by atomic mass is 10.1. The van der Waals surface area contributed by atoms with Crippen LogP contribution >= 0.6 is 0 Å². The molecule has 0 aliphatic heterocycles. The van der Waals surface area contributed by atoms with Gasteiger partial charge in [-0.25, -0.2) is 4.79 Å². The Bertz CT molecular complexity index is 473. The van der Waals surface area contributed by atoms with Crippen LogP contribution in [0.2, 0.25) is 0 Å². The Labute approximate surface area is 125 Å². The number of rotatable bonds is 6. The summed E-state index contributed by atoms with van der Waals surface area (Å²) in [6.07, 6.45) is 0. The SMILES string of the molecule is CCN(CC(=O)NC)C(=O)Nc1ccc(C(C)NC)cc1. The lowest BCUT2D eigenvalue weighted by molar-refractivity contribution is -0.121. The Morgan fingerprint density at radius 1 is 1.19 bits per heavy atom. The van der Waals surface area contributed by atoms with Crippen molar-refractivity contribution in [1.29, 1.82) is 0 Å². The number of benzene rings is 1. The zero-order valence-corrected chi connectivity index (χ0v) is 13.1. The van der Waals surface area contributed by atoms with Crippen molar-refractivity contribution in [3.8, 4) is 0 Å². The van der Waals surface area contributed by atoms with Crippen LogP contribution in [0.5, 0.6) is 0 Å². The van der Waals surface area contributed by atoms with E-state index in [1.54, 1.807) is 7.05 Å². The van der Waals surface area contributed by atoms with E-state index in [2.05, 4.69) is 22.9 Å². The van der Waals surface area contributed by atoms with Crippen molar-refractivity contribution in [2.45, 2.75) is 19.9 Å². The molecule has 0 bridgehead atoms. The first-order valence-corrected chi connectivity index (χ1v) is 7.05. The van der Waals surface area contributed by atoms with Gasteiger partial charge in [0.25, 0.3) is 0 Å². The van der Waals surface area contributed by atoms with Gasteiger partial charge in [0.2, 0.25) is 5.91 Å². The number of carbonyl (C=O) groups excluding carboxylic acids is 2. The van der Waals surface area contributed by atoms with Crippen LogP contribution in [0.4, 0.5) is 10.5 Å². The van der Waals surface area contributed by atoms with Crippen LogP contribution in [0.1, 0.15) is 25.5 Å². The summed E-state index contributed by atoms with van der Waals surface area (Å²) in [4.78, 5) is 24.9. The maximum Gasteiger partial charge on any atom is 0.322 e. The first kappa shape index (κ1) is 17.0. The fourth-order valence-electron chi connectivity index (χ4n) is 1.80. The molecule has 0 radical (unpaired) electrons. The molecule has 116 valence electrons. The zero-order chi connectivity index (χ0) is 15.8. The summed E-state index contributed by atoms with van der Waals surface area (Å²) in [7, 11) is 3.45. The third-order valence-corrected chi connectivity index (χ3v) is 3.38. The van der Waals surface area contributed by atoms with E-state index >= 15 is 0 Å². The summed E-state index contributed by atoms with van der Waals surface area (Å²) >= 11 is 0. The van der Waals surface area contributed by atoms with Crippen LogP contribution in [-0.2, 0) is 4.79 Å². The number of anilines is 1. The van der Waals surface area contributed by atoms with Gasteiger partial charge in [-0.15, -0.1) is 0 Å². The van der Waals surface area contributed by atoms with Crippen molar-refractivity contribution in [2.24, 2.45) is 0 Å². The van der Waals surface area contributed by atoms with E-state index in [0.29, 0.717) is 12.2 Å². The quantitative estimate of drug-likeness (QED) is 0.745. The predicted octanol–water partition coefficient (Wildman–Crippen LogP) is 1.57. The van der Waals surface area contributed by atoms with Gasteiger partial charge in [0.05, 0.1) is 0 Å². The number of amides is 3. The molecular weight excluding hydrogens is 268 g/mol. The molecule has 0 saturated carbocycles. The van der Waals surface area contributed by atoms with Crippen molar-refractivity contribution >= 4 is 17.6 Å². The van der Waals surface area contributed by atoms with Crippen molar-refractivity contribution in [2.75, 3.05) is 32.5 Å². The Hall–Kier alpha value is -2.08. The Balaban J connectivity index is 2.66.